The minimum Gasteiger partial charge on any atom is -0.440 e. The van der Waals surface area contributed by atoms with E-state index in [9.17, 15) is 4.39 Å². The molecule has 16 heavy (non-hydrogen) atoms. The van der Waals surface area contributed by atoms with Crippen molar-refractivity contribution < 1.29 is 8.81 Å². The van der Waals surface area contributed by atoms with Gasteiger partial charge in [-0.2, -0.15) is 0 Å². The van der Waals surface area contributed by atoms with Crippen molar-refractivity contribution in [2.75, 3.05) is 6.54 Å². The highest BCUT2D eigenvalue weighted by molar-refractivity contribution is 7.99. The van der Waals surface area contributed by atoms with E-state index in [-0.39, 0.29) is 11.1 Å². The summed E-state index contributed by atoms with van der Waals surface area (Å²) in [7, 11) is 0. The molecule has 2 aromatic rings. The number of benzene rings is 1. The number of halogens is 1. The van der Waals surface area contributed by atoms with Crippen LogP contribution in [0.5, 0.6) is 0 Å². The maximum atomic E-state index is 13.5. The molecular formula is C11H11FN2OS. The van der Waals surface area contributed by atoms with Crippen molar-refractivity contribution in [3.8, 4) is 0 Å². The summed E-state index contributed by atoms with van der Waals surface area (Å²) in [5.74, 6) is -0.253. The molecule has 2 N–H and O–H groups in total. The summed E-state index contributed by atoms with van der Waals surface area (Å²) in [6, 6.07) is 6.59. The zero-order valence-corrected chi connectivity index (χ0v) is 9.28. The second-order valence-corrected chi connectivity index (χ2v) is 4.32. The largest absolute Gasteiger partial charge is 0.440 e. The van der Waals surface area contributed by atoms with Crippen molar-refractivity contribution in [3.05, 3.63) is 48.1 Å². The van der Waals surface area contributed by atoms with Crippen molar-refractivity contribution in [2.24, 2.45) is 5.73 Å². The number of nitrogens with zero attached hydrogens (tertiary/aromatic N) is 1. The molecule has 0 radical (unpaired) electrons. The number of nitrogens with two attached hydrogens (primary N) is 1. The second-order valence-electron chi connectivity index (χ2n) is 3.16. The first-order chi connectivity index (χ1) is 7.81. The number of hydrogen-bond donors (Lipinski definition) is 1. The van der Waals surface area contributed by atoms with E-state index in [1.54, 1.807) is 24.4 Å². The molecule has 0 saturated carbocycles. The summed E-state index contributed by atoms with van der Waals surface area (Å²) in [5.41, 5.74) is 6.21. The first kappa shape index (κ1) is 11.2. The lowest BCUT2D eigenvalue weighted by molar-refractivity contribution is 0.453. The van der Waals surface area contributed by atoms with Crippen molar-refractivity contribution in [1.82, 2.24) is 4.98 Å². The van der Waals surface area contributed by atoms with Gasteiger partial charge in [0.1, 0.15) is 12.1 Å². The summed E-state index contributed by atoms with van der Waals surface area (Å²) in [5, 5.41) is 0.318. The number of rotatable bonds is 4. The third-order valence-corrected chi connectivity index (χ3v) is 3.25. The van der Waals surface area contributed by atoms with Crippen LogP contribution in [0.1, 0.15) is 10.8 Å². The van der Waals surface area contributed by atoms with Crippen molar-refractivity contribution in [3.63, 3.8) is 0 Å². The molecule has 1 unspecified atom stereocenters. The van der Waals surface area contributed by atoms with Crippen LogP contribution < -0.4 is 5.73 Å². The average Bonchev–Trinajstić information content (AvgIpc) is 2.80. The Morgan fingerprint density at radius 1 is 1.44 bits per heavy atom. The standard InChI is InChI=1S/C11H11FN2OS/c12-9-4-2-1-3-8(9)10(7-13)16-11-14-5-6-15-11/h1-6,10H,7,13H2. The Balaban J connectivity index is 2.20. The zero-order chi connectivity index (χ0) is 11.4. The lowest BCUT2D eigenvalue weighted by atomic mass is 10.1. The van der Waals surface area contributed by atoms with E-state index in [0.717, 1.165) is 0 Å². The molecular weight excluding hydrogens is 227 g/mol. The minimum atomic E-state index is -0.253. The van der Waals surface area contributed by atoms with E-state index in [1.165, 1.54) is 24.1 Å². The van der Waals surface area contributed by atoms with E-state index < -0.39 is 0 Å². The summed E-state index contributed by atoms with van der Waals surface area (Å²) in [6.07, 6.45) is 3.04. The molecule has 1 heterocycles. The predicted molar refractivity (Wildman–Crippen MR) is 60.6 cm³/mol. The molecule has 0 saturated heterocycles. The van der Waals surface area contributed by atoms with Gasteiger partial charge >= 0.3 is 0 Å². The fourth-order valence-electron chi connectivity index (χ4n) is 1.37. The monoisotopic (exact) mass is 238 g/mol. The number of thioether (sulfide) groups is 1. The van der Waals surface area contributed by atoms with Gasteiger partial charge in [-0.1, -0.05) is 30.0 Å². The van der Waals surface area contributed by atoms with Gasteiger partial charge in [0.2, 0.25) is 0 Å². The molecule has 0 spiro atoms. The molecule has 0 aliphatic rings. The van der Waals surface area contributed by atoms with Crippen LogP contribution in [0.2, 0.25) is 0 Å². The molecule has 0 amide bonds. The molecule has 84 valence electrons. The van der Waals surface area contributed by atoms with Gasteiger partial charge in [-0.25, -0.2) is 9.37 Å². The molecule has 1 aromatic carbocycles. The third-order valence-electron chi connectivity index (χ3n) is 2.12. The summed E-state index contributed by atoms with van der Waals surface area (Å²) < 4.78 is 18.6. The Bertz CT molecular complexity index is 447. The zero-order valence-electron chi connectivity index (χ0n) is 8.47. The minimum absolute atomic E-state index is 0.181. The molecule has 2 rings (SSSR count). The summed E-state index contributed by atoms with van der Waals surface area (Å²) in [6.45, 7) is 0.327. The smallest absolute Gasteiger partial charge is 0.256 e. The van der Waals surface area contributed by atoms with Gasteiger partial charge in [0.25, 0.3) is 5.22 Å². The van der Waals surface area contributed by atoms with Crippen LogP contribution in [-0.2, 0) is 0 Å². The van der Waals surface area contributed by atoms with E-state index in [2.05, 4.69) is 4.98 Å². The highest BCUT2D eigenvalue weighted by Crippen LogP contribution is 2.34. The fraction of sp³-hybridized carbons (Fsp3) is 0.182. The van der Waals surface area contributed by atoms with Crippen LogP contribution in [0.25, 0.3) is 0 Å². The molecule has 3 nitrogen and oxygen atoms in total. The number of aromatic nitrogens is 1. The molecule has 0 fully saturated rings. The van der Waals surface area contributed by atoms with E-state index in [0.29, 0.717) is 17.3 Å². The number of hydrogen-bond acceptors (Lipinski definition) is 4. The maximum Gasteiger partial charge on any atom is 0.256 e. The van der Waals surface area contributed by atoms with Gasteiger partial charge in [0.05, 0.1) is 11.4 Å². The van der Waals surface area contributed by atoms with Crippen LogP contribution >= 0.6 is 11.8 Å². The van der Waals surface area contributed by atoms with Crippen molar-refractivity contribution >= 4 is 11.8 Å². The maximum absolute atomic E-state index is 13.5. The normalized spacial score (nSPS) is 12.6. The molecule has 1 atom stereocenters. The van der Waals surface area contributed by atoms with E-state index in [1.807, 2.05) is 0 Å². The Hall–Kier alpha value is -1.33. The van der Waals surface area contributed by atoms with Gasteiger partial charge in [0.15, 0.2) is 0 Å². The van der Waals surface area contributed by atoms with Crippen LogP contribution in [0.4, 0.5) is 4.39 Å². The van der Waals surface area contributed by atoms with Crippen molar-refractivity contribution in [1.29, 1.82) is 0 Å². The highest BCUT2D eigenvalue weighted by Gasteiger charge is 2.17. The average molecular weight is 238 g/mol. The first-order valence-electron chi connectivity index (χ1n) is 4.82. The highest BCUT2D eigenvalue weighted by atomic mass is 32.2. The lowest BCUT2D eigenvalue weighted by Gasteiger charge is -2.12. The van der Waals surface area contributed by atoms with Crippen LogP contribution in [-0.4, -0.2) is 11.5 Å². The van der Waals surface area contributed by atoms with Crippen LogP contribution in [0, 0.1) is 5.82 Å². The Kier molecular flexibility index (Phi) is 3.58. The fourth-order valence-corrected chi connectivity index (χ4v) is 2.26. The summed E-state index contributed by atoms with van der Waals surface area (Å²) in [4.78, 5) is 3.98. The molecule has 0 bridgehead atoms. The quantitative estimate of drug-likeness (QED) is 0.832. The molecule has 1 aromatic heterocycles. The molecule has 0 aliphatic carbocycles. The Morgan fingerprint density at radius 2 is 2.25 bits per heavy atom. The summed E-state index contributed by atoms with van der Waals surface area (Å²) >= 11 is 1.32. The lowest BCUT2D eigenvalue weighted by Crippen LogP contribution is -2.10. The van der Waals surface area contributed by atoms with Gasteiger partial charge < -0.3 is 10.2 Å². The van der Waals surface area contributed by atoms with E-state index >= 15 is 0 Å². The second kappa shape index (κ2) is 5.14. The third kappa shape index (κ3) is 2.43. The van der Waals surface area contributed by atoms with Gasteiger partial charge in [-0.05, 0) is 6.07 Å². The number of oxazole rings is 1. The van der Waals surface area contributed by atoms with Crippen molar-refractivity contribution in [2.45, 2.75) is 10.5 Å². The predicted octanol–water partition coefficient (Wildman–Crippen LogP) is 2.61. The van der Waals surface area contributed by atoms with Gasteiger partial charge in [0, 0.05) is 12.1 Å². The Morgan fingerprint density at radius 3 is 2.88 bits per heavy atom. The molecule has 0 aliphatic heterocycles. The van der Waals surface area contributed by atoms with E-state index in [4.69, 9.17) is 10.2 Å². The molecule has 5 heteroatoms. The first-order valence-corrected chi connectivity index (χ1v) is 5.70. The SMILES string of the molecule is NCC(Sc1ncco1)c1ccccc1F. The van der Waals surface area contributed by atoms with Gasteiger partial charge in [-0.3, -0.25) is 0 Å². The Labute approximate surface area is 96.9 Å². The van der Waals surface area contributed by atoms with Crippen LogP contribution in [0.15, 0.2) is 46.4 Å². The topological polar surface area (TPSA) is 52.0 Å². The van der Waals surface area contributed by atoms with Gasteiger partial charge in [-0.15, -0.1) is 0 Å². The van der Waals surface area contributed by atoms with Crippen LogP contribution in [0.3, 0.4) is 0 Å².